The summed E-state index contributed by atoms with van der Waals surface area (Å²) in [5.74, 6) is -0.910. The van der Waals surface area contributed by atoms with Gasteiger partial charge < -0.3 is 10.6 Å². The van der Waals surface area contributed by atoms with E-state index in [0.29, 0.717) is 11.3 Å². The summed E-state index contributed by atoms with van der Waals surface area (Å²) in [6.45, 7) is -0.563. The highest BCUT2D eigenvalue weighted by Gasteiger charge is 2.28. The molecule has 7 nitrogen and oxygen atoms in total. The number of carbonyl (C=O) groups is 2. The first-order valence-corrected chi connectivity index (χ1v) is 14.2. The van der Waals surface area contributed by atoms with Gasteiger partial charge in [-0.3, -0.25) is 13.9 Å². The Kier molecular flexibility index (Phi) is 8.74. The normalized spacial score (nSPS) is 14.1. The predicted molar refractivity (Wildman–Crippen MR) is 147 cm³/mol. The molecule has 4 rings (SSSR count). The Morgan fingerprint density at radius 1 is 0.865 bits per heavy atom. The van der Waals surface area contributed by atoms with Gasteiger partial charge in [-0.05, 0) is 55.3 Å². The lowest BCUT2D eigenvalue weighted by molar-refractivity contribution is -0.114. The fourth-order valence-electron chi connectivity index (χ4n) is 4.34. The Morgan fingerprint density at radius 3 is 2.16 bits per heavy atom. The van der Waals surface area contributed by atoms with Crippen LogP contribution in [-0.4, -0.2) is 32.8 Å². The monoisotopic (exact) mass is 559 g/mol. The van der Waals surface area contributed by atoms with Gasteiger partial charge in [-0.15, -0.1) is 0 Å². The molecular weight excluding hydrogens is 533 g/mol. The van der Waals surface area contributed by atoms with Crippen molar-refractivity contribution in [1.29, 1.82) is 0 Å². The summed E-state index contributed by atoms with van der Waals surface area (Å²) < 4.78 is 28.0. The summed E-state index contributed by atoms with van der Waals surface area (Å²) in [6.07, 6.45) is 5.16. The van der Waals surface area contributed by atoms with Crippen LogP contribution in [0.15, 0.2) is 77.7 Å². The largest absolute Gasteiger partial charge is 0.349 e. The molecular formula is C27H27Cl2N3O4S. The van der Waals surface area contributed by atoms with Gasteiger partial charge in [0.1, 0.15) is 6.54 Å². The van der Waals surface area contributed by atoms with Crippen LogP contribution in [0.3, 0.4) is 0 Å². The number of nitrogens with zero attached hydrogens (tertiary/aromatic N) is 1. The van der Waals surface area contributed by atoms with E-state index in [9.17, 15) is 18.0 Å². The van der Waals surface area contributed by atoms with Gasteiger partial charge >= 0.3 is 0 Å². The summed E-state index contributed by atoms with van der Waals surface area (Å²) >= 11 is 12.3. The number of rotatable bonds is 8. The van der Waals surface area contributed by atoms with Crippen molar-refractivity contribution in [3.05, 3.63) is 88.4 Å². The summed E-state index contributed by atoms with van der Waals surface area (Å²) in [6, 6.07) is 18.8. The lowest BCUT2D eigenvalue weighted by Gasteiger charge is -2.25. The lowest BCUT2D eigenvalue weighted by atomic mass is 9.95. The number of halogens is 2. The zero-order valence-electron chi connectivity index (χ0n) is 20.0. The molecule has 2 amide bonds. The summed E-state index contributed by atoms with van der Waals surface area (Å²) in [7, 11) is -4.14. The fourth-order valence-corrected chi connectivity index (χ4v) is 6.28. The molecule has 3 aromatic rings. The van der Waals surface area contributed by atoms with Crippen molar-refractivity contribution in [2.75, 3.05) is 16.2 Å². The van der Waals surface area contributed by atoms with E-state index in [1.165, 1.54) is 36.8 Å². The van der Waals surface area contributed by atoms with Crippen LogP contribution >= 0.6 is 23.2 Å². The molecule has 0 bridgehead atoms. The summed E-state index contributed by atoms with van der Waals surface area (Å²) in [4.78, 5) is 26.2. The summed E-state index contributed by atoms with van der Waals surface area (Å²) in [5.41, 5.74) is 0.742. The van der Waals surface area contributed by atoms with E-state index < -0.39 is 22.5 Å². The molecule has 1 fully saturated rings. The number of anilines is 2. The minimum absolute atomic E-state index is 0.00570. The molecule has 10 heteroatoms. The SMILES string of the molecule is O=C(CN(c1cc(Cl)cc(Cl)c1)S(=O)(=O)c1ccccc1)Nc1ccccc1C(=O)NC1CCCCC1. The molecule has 0 saturated heterocycles. The number of nitrogens with one attached hydrogen (secondary N) is 2. The molecule has 194 valence electrons. The maximum Gasteiger partial charge on any atom is 0.264 e. The maximum atomic E-state index is 13.5. The smallest absolute Gasteiger partial charge is 0.264 e. The van der Waals surface area contributed by atoms with E-state index >= 15 is 0 Å². The minimum atomic E-state index is -4.14. The van der Waals surface area contributed by atoms with Crippen molar-refractivity contribution >= 4 is 56.4 Å². The molecule has 0 aliphatic heterocycles. The van der Waals surface area contributed by atoms with E-state index in [4.69, 9.17) is 23.2 Å². The Morgan fingerprint density at radius 2 is 1.49 bits per heavy atom. The van der Waals surface area contributed by atoms with Crippen LogP contribution < -0.4 is 14.9 Å². The zero-order chi connectivity index (χ0) is 26.4. The zero-order valence-corrected chi connectivity index (χ0v) is 22.3. The average Bonchev–Trinajstić information content (AvgIpc) is 2.88. The molecule has 1 aliphatic carbocycles. The molecule has 0 heterocycles. The second kappa shape index (κ2) is 12.0. The van der Waals surface area contributed by atoms with E-state index in [1.807, 2.05) is 0 Å². The van der Waals surface area contributed by atoms with E-state index in [2.05, 4.69) is 10.6 Å². The van der Waals surface area contributed by atoms with Gasteiger partial charge in [0.2, 0.25) is 5.91 Å². The van der Waals surface area contributed by atoms with Crippen LogP contribution in [0.4, 0.5) is 11.4 Å². The Balaban J connectivity index is 1.59. The molecule has 0 unspecified atom stereocenters. The number of carbonyl (C=O) groups excluding carboxylic acids is 2. The van der Waals surface area contributed by atoms with E-state index in [0.717, 1.165) is 30.0 Å². The number of benzene rings is 3. The third-order valence-corrected chi connectivity index (χ3v) is 8.36. The number of sulfonamides is 1. The van der Waals surface area contributed by atoms with Crippen molar-refractivity contribution in [2.45, 2.75) is 43.0 Å². The first kappa shape index (κ1) is 27.0. The molecule has 0 aromatic heterocycles. The standard InChI is InChI=1S/C27H27Cl2N3O4S/c28-19-15-20(29)17-22(16-19)32(37(35,36)23-11-5-2-6-12-23)18-26(33)31-25-14-8-7-13-24(25)27(34)30-21-9-3-1-4-10-21/h2,5-8,11-17,21H,1,3-4,9-10,18H2,(H,30,34)(H,31,33). The van der Waals surface area contributed by atoms with E-state index in [1.54, 1.807) is 42.5 Å². The van der Waals surface area contributed by atoms with Crippen molar-refractivity contribution < 1.29 is 18.0 Å². The van der Waals surface area contributed by atoms with Crippen LogP contribution in [0.25, 0.3) is 0 Å². The van der Waals surface area contributed by atoms with Crippen molar-refractivity contribution in [1.82, 2.24) is 5.32 Å². The molecule has 0 radical (unpaired) electrons. The first-order chi connectivity index (χ1) is 17.7. The molecule has 0 atom stereocenters. The molecule has 1 saturated carbocycles. The summed E-state index contributed by atoms with van der Waals surface area (Å²) in [5, 5.41) is 6.20. The topological polar surface area (TPSA) is 95.6 Å². The average molecular weight is 561 g/mol. The van der Waals surface area contributed by atoms with Crippen LogP contribution in [0.5, 0.6) is 0 Å². The van der Waals surface area contributed by atoms with Crippen molar-refractivity contribution in [2.24, 2.45) is 0 Å². The van der Waals surface area contributed by atoms with Gasteiger partial charge in [-0.25, -0.2) is 8.42 Å². The van der Waals surface area contributed by atoms with Gasteiger partial charge in [0.15, 0.2) is 0 Å². The van der Waals surface area contributed by atoms with Gasteiger partial charge in [0, 0.05) is 16.1 Å². The Bertz CT molecular complexity index is 1360. The lowest BCUT2D eigenvalue weighted by Crippen LogP contribution is -2.39. The fraction of sp³-hybridized carbons (Fsp3) is 0.259. The quantitative estimate of drug-likeness (QED) is 0.359. The third kappa shape index (κ3) is 6.83. The van der Waals surface area contributed by atoms with Gasteiger partial charge in [0.05, 0.1) is 21.8 Å². The van der Waals surface area contributed by atoms with Crippen LogP contribution in [-0.2, 0) is 14.8 Å². The first-order valence-electron chi connectivity index (χ1n) is 12.0. The second-order valence-electron chi connectivity index (χ2n) is 8.85. The van der Waals surface area contributed by atoms with E-state index in [-0.39, 0.29) is 32.6 Å². The maximum absolute atomic E-state index is 13.5. The van der Waals surface area contributed by atoms with Crippen LogP contribution in [0, 0.1) is 0 Å². The molecule has 37 heavy (non-hydrogen) atoms. The van der Waals surface area contributed by atoms with Gasteiger partial charge in [-0.2, -0.15) is 0 Å². The highest BCUT2D eigenvalue weighted by Crippen LogP contribution is 2.30. The molecule has 3 aromatic carbocycles. The molecule has 2 N–H and O–H groups in total. The number of hydrogen-bond acceptors (Lipinski definition) is 4. The highest BCUT2D eigenvalue weighted by molar-refractivity contribution is 7.92. The number of amides is 2. The number of hydrogen-bond donors (Lipinski definition) is 2. The predicted octanol–water partition coefficient (Wildman–Crippen LogP) is 5.89. The molecule has 1 aliphatic rings. The van der Waals surface area contributed by atoms with Crippen LogP contribution in [0.1, 0.15) is 42.5 Å². The third-order valence-electron chi connectivity index (χ3n) is 6.14. The Labute approximate surface area is 226 Å². The number of para-hydroxylation sites is 1. The minimum Gasteiger partial charge on any atom is -0.349 e. The highest BCUT2D eigenvalue weighted by atomic mass is 35.5. The van der Waals surface area contributed by atoms with Crippen molar-refractivity contribution in [3.63, 3.8) is 0 Å². The van der Waals surface area contributed by atoms with Gasteiger partial charge in [-0.1, -0.05) is 72.8 Å². The second-order valence-corrected chi connectivity index (χ2v) is 11.6. The molecule has 0 spiro atoms. The Hall–Kier alpha value is -3.07. The van der Waals surface area contributed by atoms with Crippen LogP contribution in [0.2, 0.25) is 10.0 Å². The van der Waals surface area contributed by atoms with Crippen molar-refractivity contribution in [3.8, 4) is 0 Å². The van der Waals surface area contributed by atoms with Gasteiger partial charge in [0.25, 0.3) is 15.9 Å².